The molecule has 162 valence electrons. The first-order valence-corrected chi connectivity index (χ1v) is 11.7. The Morgan fingerprint density at radius 1 is 0.750 bits per heavy atom. The van der Waals surface area contributed by atoms with E-state index in [-0.39, 0.29) is 0 Å². The molecule has 1 heterocycles. The van der Waals surface area contributed by atoms with Crippen molar-refractivity contribution in [2.24, 2.45) is 7.05 Å². The van der Waals surface area contributed by atoms with Crippen LogP contribution in [0.15, 0.2) is 0 Å². The highest BCUT2D eigenvalue weighted by Gasteiger charge is 2.05. The van der Waals surface area contributed by atoms with Gasteiger partial charge in [-0.15, -0.1) is 5.10 Å². The molecule has 0 bridgehead atoms. The zero-order valence-electron chi connectivity index (χ0n) is 18.4. The van der Waals surface area contributed by atoms with Crippen molar-refractivity contribution in [2.45, 2.75) is 122 Å². The third-order valence-corrected chi connectivity index (χ3v) is 5.69. The molecule has 0 aliphatic rings. The number of hydrogen-bond acceptors (Lipinski definition) is 3. The first kappa shape index (κ1) is 24.6. The second-order valence-electron chi connectivity index (χ2n) is 8.30. The van der Waals surface area contributed by atoms with Crippen LogP contribution in [0.3, 0.4) is 0 Å². The molecule has 0 aromatic carbocycles. The summed E-state index contributed by atoms with van der Waals surface area (Å²) in [6.45, 7) is 2.05. The number of unbranched alkanes of at least 4 members (excludes halogenated alkanes) is 15. The standard InChI is InChI=1S/C23H43N3O2/c1-21-22(26(2)25-24-21)19-17-15-13-11-9-7-5-3-4-6-8-10-12-14-16-18-20-23(27)28/h3-20H2,1-2H3,(H,27,28). The highest BCUT2D eigenvalue weighted by atomic mass is 16.4. The van der Waals surface area contributed by atoms with E-state index in [2.05, 4.69) is 10.3 Å². The number of carboxylic acid groups (broad SMARTS) is 1. The molecule has 0 fully saturated rings. The van der Waals surface area contributed by atoms with Crippen LogP contribution >= 0.6 is 0 Å². The van der Waals surface area contributed by atoms with E-state index in [1.807, 2.05) is 18.7 Å². The van der Waals surface area contributed by atoms with Crippen LogP contribution in [-0.2, 0) is 18.3 Å². The molecule has 1 aromatic rings. The minimum Gasteiger partial charge on any atom is -0.481 e. The Kier molecular flexibility index (Phi) is 14.6. The summed E-state index contributed by atoms with van der Waals surface area (Å²) in [6, 6.07) is 0. The zero-order chi connectivity index (χ0) is 20.5. The van der Waals surface area contributed by atoms with Gasteiger partial charge in [0.1, 0.15) is 0 Å². The number of nitrogens with zero attached hydrogens (tertiary/aromatic N) is 3. The Morgan fingerprint density at radius 3 is 1.50 bits per heavy atom. The average Bonchev–Trinajstić information content (AvgIpc) is 2.98. The lowest BCUT2D eigenvalue weighted by atomic mass is 10.0. The van der Waals surface area contributed by atoms with Gasteiger partial charge in [-0.3, -0.25) is 9.48 Å². The van der Waals surface area contributed by atoms with Gasteiger partial charge in [-0.05, 0) is 26.2 Å². The molecule has 0 aliphatic carbocycles. The Hall–Kier alpha value is -1.39. The minimum atomic E-state index is -0.659. The molecule has 1 N–H and O–H groups in total. The number of carbonyl (C=O) groups is 1. The van der Waals surface area contributed by atoms with Gasteiger partial charge in [-0.2, -0.15) is 0 Å². The maximum atomic E-state index is 10.4. The largest absolute Gasteiger partial charge is 0.481 e. The van der Waals surface area contributed by atoms with Crippen LogP contribution in [0, 0.1) is 6.92 Å². The van der Waals surface area contributed by atoms with Gasteiger partial charge in [0.25, 0.3) is 0 Å². The maximum Gasteiger partial charge on any atom is 0.303 e. The van der Waals surface area contributed by atoms with Crippen molar-refractivity contribution in [2.75, 3.05) is 0 Å². The first-order valence-electron chi connectivity index (χ1n) is 11.7. The van der Waals surface area contributed by atoms with E-state index in [1.54, 1.807) is 0 Å². The van der Waals surface area contributed by atoms with Crippen molar-refractivity contribution in [1.29, 1.82) is 0 Å². The molecule has 1 rings (SSSR count). The summed E-state index contributed by atoms with van der Waals surface area (Å²) >= 11 is 0. The van der Waals surface area contributed by atoms with Crippen LogP contribution in [0.2, 0.25) is 0 Å². The predicted molar refractivity (Wildman–Crippen MR) is 116 cm³/mol. The molecule has 5 nitrogen and oxygen atoms in total. The van der Waals surface area contributed by atoms with Crippen molar-refractivity contribution in [3.8, 4) is 0 Å². The predicted octanol–water partition coefficient (Wildman–Crippen LogP) is 6.38. The van der Waals surface area contributed by atoms with E-state index >= 15 is 0 Å². The molecule has 0 spiro atoms. The monoisotopic (exact) mass is 393 g/mol. The molecule has 0 aliphatic heterocycles. The maximum absolute atomic E-state index is 10.4. The first-order chi connectivity index (χ1) is 13.6. The minimum absolute atomic E-state index is 0.336. The summed E-state index contributed by atoms with van der Waals surface area (Å²) in [5.74, 6) is -0.659. The van der Waals surface area contributed by atoms with Gasteiger partial charge in [0.2, 0.25) is 0 Å². The van der Waals surface area contributed by atoms with E-state index in [4.69, 9.17) is 5.11 Å². The Balaban J connectivity index is 1.74. The summed E-state index contributed by atoms with van der Waals surface area (Å²) in [5, 5.41) is 16.8. The van der Waals surface area contributed by atoms with Gasteiger partial charge in [0.05, 0.1) is 11.4 Å². The van der Waals surface area contributed by atoms with Crippen LogP contribution < -0.4 is 0 Å². The molecule has 0 amide bonds. The van der Waals surface area contributed by atoms with E-state index < -0.39 is 5.97 Å². The van der Waals surface area contributed by atoms with Crippen LogP contribution in [0.1, 0.15) is 121 Å². The fourth-order valence-corrected chi connectivity index (χ4v) is 3.87. The molecule has 0 saturated heterocycles. The highest BCUT2D eigenvalue weighted by molar-refractivity contribution is 5.66. The number of hydrogen-bond donors (Lipinski definition) is 1. The van der Waals surface area contributed by atoms with E-state index in [0.717, 1.165) is 25.0 Å². The SMILES string of the molecule is Cc1nnn(C)c1CCCCCCCCCCCCCCCCCCC(=O)O. The second kappa shape index (κ2) is 16.6. The summed E-state index contributed by atoms with van der Waals surface area (Å²) < 4.78 is 1.91. The summed E-state index contributed by atoms with van der Waals surface area (Å²) in [7, 11) is 1.99. The molecular weight excluding hydrogens is 350 g/mol. The number of aromatic nitrogens is 3. The highest BCUT2D eigenvalue weighted by Crippen LogP contribution is 2.15. The summed E-state index contributed by atoms with van der Waals surface area (Å²) in [5.41, 5.74) is 2.37. The van der Waals surface area contributed by atoms with Crippen LogP contribution in [-0.4, -0.2) is 26.1 Å². The molecule has 28 heavy (non-hydrogen) atoms. The Labute approximate surface area is 172 Å². The van der Waals surface area contributed by atoms with Gasteiger partial charge in [-0.1, -0.05) is 95.1 Å². The van der Waals surface area contributed by atoms with E-state index in [9.17, 15) is 4.79 Å². The lowest BCUT2D eigenvalue weighted by Crippen LogP contribution is -1.99. The van der Waals surface area contributed by atoms with E-state index in [0.29, 0.717) is 6.42 Å². The fourth-order valence-electron chi connectivity index (χ4n) is 3.87. The van der Waals surface area contributed by atoms with Gasteiger partial charge in [0.15, 0.2) is 0 Å². The number of rotatable bonds is 19. The van der Waals surface area contributed by atoms with Crippen molar-refractivity contribution >= 4 is 5.97 Å². The van der Waals surface area contributed by atoms with Crippen LogP contribution in [0.25, 0.3) is 0 Å². The van der Waals surface area contributed by atoms with Crippen LogP contribution in [0.4, 0.5) is 0 Å². The van der Waals surface area contributed by atoms with Gasteiger partial charge in [0, 0.05) is 13.5 Å². The van der Waals surface area contributed by atoms with Crippen LogP contribution in [0.5, 0.6) is 0 Å². The molecule has 0 unspecified atom stereocenters. The van der Waals surface area contributed by atoms with Crippen molar-refractivity contribution < 1.29 is 9.90 Å². The summed E-state index contributed by atoms with van der Waals surface area (Å²) in [6.07, 6.45) is 22.2. The average molecular weight is 394 g/mol. The Bertz CT molecular complexity index is 494. The number of aliphatic carboxylic acids is 1. The normalized spacial score (nSPS) is 11.2. The molecule has 0 saturated carbocycles. The van der Waals surface area contributed by atoms with Crippen molar-refractivity contribution in [3.63, 3.8) is 0 Å². The van der Waals surface area contributed by atoms with Gasteiger partial charge in [-0.25, -0.2) is 0 Å². The molecule has 5 heteroatoms. The van der Waals surface area contributed by atoms with Gasteiger partial charge < -0.3 is 5.11 Å². The second-order valence-corrected chi connectivity index (χ2v) is 8.30. The molecular formula is C23H43N3O2. The van der Waals surface area contributed by atoms with Crippen molar-refractivity contribution in [3.05, 3.63) is 11.4 Å². The fraction of sp³-hybridized carbons (Fsp3) is 0.870. The van der Waals surface area contributed by atoms with E-state index in [1.165, 1.54) is 95.6 Å². The molecule has 1 aromatic heterocycles. The number of aryl methyl sites for hydroxylation is 2. The third-order valence-electron chi connectivity index (χ3n) is 5.69. The zero-order valence-corrected chi connectivity index (χ0v) is 18.4. The number of carboxylic acids is 1. The topological polar surface area (TPSA) is 68.0 Å². The molecule has 0 radical (unpaired) electrons. The lowest BCUT2D eigenvalue weighted by Gasteiger charge is -2.04. The lowest BCUT2D eigenvalue weighted by molar-refractivity contribution is -0.137. The third kappa shape index (κ3) is 12.9. The quantitative estimate of drug-likeness (QED) is 0.277. The Morgan fingerprint density at radius 2 is 1.14 bits per heavy atom. The smallest absolute Gasteiger partial charge is 0.303 e. The van der Waals surface area contributed by atoms with Gasteiger partial charge >= 0.3 is 5.97 Å². The summed E-state index contributed by atoms with van der Waals surface area (Å²) in [4.78, 5) is 10.4. The molecule has 0 atom stereocenters. The van der Waals surface area contributed by atoms with Crippen molar-refractivity contribution in [1.82, 2.24) is 15.0 Å².